The summed E-state index contributed by atoms with van der Waals surface area (Å²) in [6, 6.07) is 19.0. The van der Waals surface area contributed by atoms with Gasteiger partial charge in [-0.2, -0.15) is 0 Å². The molecule has 1 saturated heterocycles. The second-order valence-electron chi connectivity index (χ2n) is 8.04. The molecule has 0 aromatic heterocycles. The summed E-state index contributed by atoms with van der Waals surface area (Å²) in [4.78, 5) is 14.8. The molecule has 2 aromatic carbocycles. The Balaban J connectivity index is 1.32. The van der Waals surface area contributed by atoms with Gasteiger partial charge < -0.3 is 4.74 Å². The van der Waals surface area contributed by atoms with Gasteiger partial charge in [0.15, 0.2) is 0 Å². The zero-order valence-electron chi connectivity index (χ0n) is 16.0. The first kappa shape index (κ1) is 17.3. The number of benzene rings is 2. The molecule has 142 valence electrons. The highest BCUT2D eigenvalue weighted by molar-refractivity contribution is 5.72. The molecule has 2 unspecified atom stereocenters. The highest BCUT2D eigenvalue weighted by Gasteiger charge is 2.38. The Bertz CT molecular complexity index is 944. The number of ether oxygens (including phenoxy) is 1. The number of allylic oxidation sites excluding steroid dienone is 1. The Morgan fingerprint density at radius 1 is 1.00 bits per heavy atom. The number of hydrogen-bond acceptors (Lipinski definition) is 2. The molecule has 0 spiro atoms. The third-order valence-electron chi connectivity index (χ3n) is 6.23. The van der Waals surface area contributed by atoms with Gasteiger partial charge in [0.05, 0.1) is 6.04 Å². The average molecular weight is 371 g/mol. The van der Waals surface area contributed by atoms with Crippen molar-refractivity contribution in [3.63, 3.8) is 0 Å². The summed E-state index contributed by atoms with van der Waals surface area (Å²) in [5.41, 5.74) is 6.64. The summed E-state index contributed by atoms with van der Waals surface area (Å²) < 4.78 is 5.66. The van der Waals surface area contributed by atoms with Crippen LogP contribution in [0, 0.1) is 0 Å². The average Bonchev–Trinajstić information content (AvgIpc) is 3.16. The van der Waals surface area contributed by atoms with Crippen molar-refractivity contribution < 1.29 is 9.53 Å². The van der Waals surface area contributed by atoms with Crippen molar-refractivity contribution >= 4 is 12.2 Å². The van der Waals surface area contributed by atoms with Crippen LogP contribution in [0.1, 0.15) is 42.4 Å². The maximum atomic E-state index is 12.9. The minimum Gasteiger partial charge on any atom is -0.445 e. The lowest BCUT2D eigenvalue weighted by Gasteiger charge is -2.44. The minimum absolute atomic E-state index is 0.162. The van der Waals surface area contributed by atoms with E-state index in [0.29, 0.717) is 6.61 Å². The van der Waals surface area contributed by atoms with Gasteiger partial charge in [-0.1, -0.05) is 66.7 Å². The minimum atomic E-state index is -0.169. The van der Waals surface area contributed by atoms with Gasteiger partial charge in [-0.3, -0.25) is 4.90 Å². The molecule has 3 heteroatoms. The summed E-state index contributed by atoms with van der Waals surface area (Å²) in [6.45, 7) is 0.340. The van der Waals surface area contributed by atoms with E-state index >= 15 is 0 Å². The van der Waals surface area contributed by atoms with E-state index in [0.717, 1.165) is 31.2 Å². The number of hydrogen-bond donors (Lipinski definition) is 0. The van der Waals surface area contributed by atoms with Gasteiger partial charge in [0.25, 0.3) is 0 Å². The van der Waals surface area contributed by atoms with E-state index in [1.54, 1.807) is 0 Å². The van der Waals surface area contributed by atoms with Gasteiger partial charge >= 0.3 is 6.09 Å². The van der Waals surface area contributed by atoms with Gasteiger partial charge in [0.2, 0.25) is 0 Å². The van der Waals surface area contributed by atoms with Crippen molar-refractivity contribution in [1.29, 1.82) is 0 Å². The van der Waals surface area contributed by atoms with Crippen LogP contribution in [0.25, 0.3) is 6.08 Å². The number of amides is 1. The van der Waals surface area contributed by atoms with Gasteiger partial charge in [-0.15, -0.1) is 0 Å². The Morgan fingerprint density at radius 2 is 1.82 bits per heavy atom. The van der Waals surface area contributed by atoms with E-state index in [1.807, 2.05) is 35.2 Å². The summed E-state index contributed by atoms with van der Waals surface area (Å²) in [6.07, 6.45) is 9.72. The highest BCUT2D eigenvalue weighted by atomic mass is 16.6. The lowest BCUT2D eigenvalue weighted by atomic mass is 9.82. The normalized spacial score (nSPS) is 22.9. The number of piperidine rings is 1. The fourth-order valence-corrected chi connectivity index (χ4v) is 4.83. The monoisotopic (exact) mass is 371 g/mol. The molecule has 3 nitrogen and oxygen atoms in total. The molecule has 2 heterocycles. The molecule has 5 rings (SSSR count). The summed E-state index contributed by atoms with van der Waals surface area (Å²) >= 11 is 0. The number of carbonyl (C=O) groups excluding carboxylic acids is 1. The number of carbonyl (C=O) groups is 1. The quantitative estimate of drug-likeness (QED) is 0.711. The molecule has 1 aliphatic carbocycles. The SMILES string of the molecule is O=C(OCc1ccccc1)N1C2C=C(C3=Cc4ccccc4C3)CC1CCC2. The lowest BCUT2D eigenvalue weighted by molar-refractivity contribution is 0.0486. The molecular formula is C25H25NO2. The smallest absolute Gasteiger partial charge is 0.410 e. The maximum Gasteiger partial charge on any atom is 0.410 e. The Hall–Kier alpha value is -2.81. The summed E-state index contributed by atoms with van der Waals surface area (Å²) in [7, 11) is 0. The largest absolute Gasteiger partial charge is 0.445 e. The van der Waals surface area contributed by atoms with Crippen molar-refractivity contribution in [3.8, 4) is 0 Å². The van der Waals surface area contributed by atoms with E-state index in [4.69, 9.17) is 4.74 Å². The number of nitrogens with zero attached hydrogens (tertiary/aromatic N) is 1. The van der Waals surface area contributed by atoms with Gasteiger partial charge in [0, 0.05) is 6.04 Å². The first-order chi connectivity index (χ1) is 13.8. The highest BCUT2D eigenvalue weighted by Crippen LogP contribution is 2.39. The molecule has 28 heavy (non-hydrogen) atoms. The van der Waals surface area contributed by atoms with Gasteiger partial charge in [-0.05, 0) is 59.9 Å². The third-order valence-corrected chi connectivity index (χ3v) is 6.23. The molecule has 0 radical (unpaired) electrons. The van der Waals surface area contributed by atoms with Crippen LogP contribution in [0.5, 0.6) is 0 Å². The van der Waals surface area contributed by atoms with E-state index in [1.165, 1.54) is 28.7 Å². The van der Waals surface area contributed by atoms with Crippen molar-refractivity contribution in [2.45, 2.75) is 50.8 Å². The zero-order valence-corrected chi connectivity index (χ0v) is 16.0. The topological polar surface area (TPSA) is 29.5 Å². The molecule has 2 aromatic rings. The molecule has 0 saturated carbocycles. The first-order valence-corrected chi connectivity index (χ1v) is 10.3. The standard InChI is InChI=1S/C25H25NO2/c27-25(28-17-18-7-2-1-3-8-18)26-23-11-6-12-24(26)16-22(15-23)21-13-19-9-4-5-10-20(19)14-21/h1-5,7-10,13,15,23-24H,6,11-12,14,16-17H2. The second-order valence-corrected chi connectivity index (χ2v) is 8.04. The van der Waals surface area contributed by atoms with Crippen LogP contribution in [0.4, 0.5) is 4.79 Å². The van der Waals surface area contributed by atoms with Crippen molar-refractivity contribution in [2.75, 3.05) is 0 Å². The Kier molecular flexibility index (Phi) is 4.52. The van der Waals surface area contributed by atoms with Crippen LogP contribution in [-0.2, 0) is 17.8 Å². The van der Waals surface area contributed by atoms with Crippen molar-refractivity contribution in [1.82, 2.24) is 4.90 Å². The third kappa shape index (κ3) is 3.26. The van der Waals surface area contributed by atoms with Crippen LogP contribution in [0.3, 0.4) is 0 Å². The molecule has 2 bridgehead atoms. The zero-order chi connectivity index (χ0) is 18.9. The fraction of sp³-hybridized carbons (Fsp3) is 0.320. The lowest BCUT2D eigenvalue weighted by Crippen LogP contribution is -2.52. The molecule has 1 fully saturated rings. The van der Waals surface area contributed by atoms with Crippen molar-refractivity contribution in [2.24, 2.45) is 0 Å². The molecular weight excluding hydrogens is 346 g/mol. The molecule has 3 aliphatic rings. The van der Waals surface area contributed by atoms with Crippen LogP contribution in [-0.4, -0.2) is 23.1 Å². The summed E-state index contributed by atoms with van der Waals surface area (Å²) in [5, 5.41) is 0. The maximum absolute atomic E-state index is 12.9. The van der Waals surface area contributed by atoms with Gasteiger partial charge in [-0.25, -0.2) is 4.79 Å². The molecule has 1 amide bonds. The van der Waals surface area contributed by atoms with Crippen LogP contribution in [0.2, 0.25) is 0 Å². The van der Waals surface area contributed by atoms with Crippen LogP contribution < -0.4 is 0 Å². The Labute approximate surface area is 166 Å². The predicted octanol–water partition coefficient (Wildman–Crippen LogP) is 5.52. The van der Waals surface area contributed by atoms with Gasteiger partial charge in [0.1, 0.15) is 6.61 Å². The van der Waals surface area contributed by atoms with E-state index in [2.05, 4.69) is 36.4 Å². The van der Waals surface area contributed by atoms with Crippen LogP contribution >= 0.6 is 0 Å². The van der Waals surface area contributed by atoms with E-state index in [-0.39, 0.29) is 18.2 Å². The fourth-order valence-electron chi connectivity index (χ4n) is 4.83. The first-order valence-electron chi connectivity index (χ1n) is 10.3. The van der Waals surface area contributed by atoms with E-state index < -0.39 is 0 Å². The molecule has 2 aliphatic heterocycles. The Morgan fingerprint density at radius 3 is 2.64 bits per heavy atom. The van der Waals surface area contributed by atoms with E-state index in [9.17, 15) is 4.79 Å². The molecule has 0 N–H and O–H groups in total. The van der Waals surface area contributed by atoms with Crippen molar-refractivity contribution in [3.05, 3.63) is 88.5 Å². The number of fused-ring (bicyclic) bond motifs is 3. The number of rotatable bonds is 3. The predicted molar refractivity (Wildman–Crippen MR) is 111 cm³/mol. The van der Waals surface area contributed by atoms with Crippen LogP contribution in [0.15, 0.2) is 71.8 Å². The summed E-state index contributed by atoms with van der Waals surface area (Å²) in [5.74, 6) is 0. The second kappa shape index (κ2) is 7.31. The molecule has 2 atom stereocenters.